The third-order valence-corrected chi connectivity index (χ3v) is 6.29. The first kappa shape index (κ1) is 25.4. The maximum absolute atomic E-state index is 12.1. The molecule has 3 heterocycles. The first-order chi connectivity index (χ1) is 18.5. The minimum Gasteiger partial charge on any atom is -0.490 e. The Bertz CT molecular complexity index is 1420. The minimum absolute atomic E-state index is 0.207. The van der Waals surface area contributed by atoms with Crippen LogP contribution in [0.3, 0.4) is 0 Å². The zero-order valence-electron chi connectivity index (χ0n) is 21.3. The summed E-state index contributed by atoms with van der Waals surface area (Å²) in [5.41, 5.74) is 3.41. The summed E-state index contributed by atoms with van der Waals surface area (Å²) in [6.45, 7) is 4.75. The maximum Gasteiger partial charge on any atom is 0.248 e. The van der Waals surface area contributed by atoms with E-state index in [0.29, 0.717) is 42.6 Å². The first-order valence-corrected chi connectivity index (χ1v) is 12.3. The van der Waals surface area contributed by atoms with Crippen molar-refractivity contribution in [1.29, 1.82) is 0 Å². The number of nitrogens with zero attached hydrogens (tertiary/aromatic N) is 4. The van der Waals surface area contributed by atoms with Crippen LogP contribution < -0.4 is 14.8 Å². The summed E-state index contributed by atoms with van der Waals surface area (Å²) in [4.78, 5) is 26.9. The van der Waals surface area contributed by atoms with Gasteiger partial charge in [-0.05, 0) is 61.9 Å². The third-order valence-electron chi connectivity index (χ3n) is 6.29. The van der Waals surface area contributed by atoms with Gasteiger partial charge in [0.15, 0.2) is 0 Å². The average Bonchev–Trinajstić information content (AvgIpc) is 2.94. The Hall–Kier alpha value is -4.28. The van der Waals surface area contributed by atoms with Crippen molar-refractivity contribution in [1.82, 2.24) is 19.9 Å². The molecule has 10 heteroatoms. The molecule has 5 rings (SSSR count). The Morgan fingerprint density at radius 1 is 1.13 bits per heavy atom. The van der Waals surface area contributed by atoms with Crippen LogP contribution in [0.2, 0.25) is 0 Å². The van der Waals surface area contributed by atoms with Crippen LogP contribution in [0.1, 0.15) is 11.3 Å². The fourth-order valence-electron chi connectivity index (χ4n) is 4.31. The van der Waals surface area contributed by atoms with Crippen LogP contribution in [0, 0.1) is 13.8 Å². The number of aryl methyl sites for hydroxylation is 2. The number of hydrogen-bond donors (Lipinski definition) is 2. The number of nitrogens with one attached hydrogen (secondary N) is 1. The van der Waals surface area contributed by atoms with E-state index in [0.717, 1.165) is 28.1 Å². The molecule has 0 bridgehead atoms. The monoisotopic (exact) mass is 515 g/mol. The molecule has 0 spiro atoms. The molecule has 1 amide bonds. The van der Waals surface area contributed by atoms with Gasteiger partial charge in [0.2, 0.25) is 5.91 Å². The van der Waals surface area contributed by atoms with Gasteiger partial charge in [0.25, 0.3) is 0 Å². The number of ether oxygens (including phenoxy) is 3. The van der Waals surface area contributed by atoms with Crippen molar-refractivity contribution in [2.45, 2.75) is 19.9 Å². The molecule has 38 heavy (non-hydrogen) atoms. The second-order valence-electron chi connectivity index (χ2n) is 9.00. The average molecular weight is 516 g/mol. The second-order valence-corrected chi connectivity index (χ2v) is 9.00. The lowest BCUT2D eigenvalue weighted by atomic mass is 10.1. The summed E-state index contributed by atoms with van der Waals surface area (Å²) in [6, 6.07) is 14.9. The molecule has 196 valence electrons. The maximum atomic E-state index is 12.1. The van der Waals surface area contributed by atoms with E-state index >= 15 is 0 Å². The van der Waals surface area contributed by atoms with E-state index < -0.39 is 6.61 Å². The van der Waals surface area contributed by atoms with Crippen molar-refractivity contribution in [3.05, 3.63) is 72.3 Å². The van der Waals surface area contributed by atoms with Gasteiger partial charge in [0.1, 0.15) is 42.6 Å². The molecular weight excluding hydrogens is 486 g/mol. The lowest BCUT2D eigenvalue weighted by Gasteiger charge is -2.35. The standard InChI is InChI=1S/C28H29N5O5/c1-18-12-20(7-9-24(18)38-22-8-6-19(2)29-13-22)32-28-27-23(30-17-31-28)4-3-5-25(27)37-16-21-15-36-11-10-33(21)26(35)14-34/h3-9,12-13,17,21,34H,10-11,14-16H2,1-2H3,(H,30,31,32)/t21-/m1/s1. The van der Waals surface area contributed by atoms with Crippen molar-refractivity contribution in [2.24, 2.45) is 0 Å². The second kappa shape index (κ2) is 11.4. The smallest absolute Gasteiger partial charge is 0.248 e. The molecule has 1 fully saturated rings. The number of carbonyl (C=O) groups excluding carboxylic acids is 1. The minimum atomic E-state index is -0.544. The highest BCUT2D eigenvalue weighted by molar-refractivity contribution is 5.95. The van der Waals surface area contributed by atoms with Crippen molar-refractivity contribution >= 4 is 28.3 Å². The van der Waals surface area contributed by atoms with Crippen molar-refractivity contribution in [3.8, 4) is 17.2 Å². The Morgan fingerprint density at radius 2 is 2.03 bits per heavy atom. The number of pyridine rings is 1. The molecule has 0 unspecified atom stereocenters. The number of aliphatic hydroxyl groups excluding tert-OH is 1. The third kappa shape index (κ3) is 5.66. The fourth-order valence-corrected chi connectivity index (χ4v) is 4.31. The SMILES string of the molecule is Cc1ccc(Oc2ccc(Nc3ncnc4cccc(OC[C@H]5COCCN5C(=O)CO)c34)cc2C)cn1. The van der Waals surface area contributed by atoms with Crippen LogP contribution in [0.4, 0.5) is 11.5 Å². The topological polar surface area (TPSA) is 119 Å². The molecule has 1 aliphatic heterocycles. The van der Waals surface area contributed by atoms with Gasteiger partial charge < -0.3 is 29.5 Å². The Kier molecular flexibility index (Phi) is 7.62. The number of morpholine rings is 1. The summed E-state index contributed by atoms with van der Waals surface area (Å²) in [6.07, 6.45) is 3.20. The summed E-state index contributed by atoms with van der Waals surface area (Å²) in [5.74, 6) is 2.23. The zero-order chi connectivity index (χ0) is 26.5. The molecule has 2 aromatic heterocycles. The van der Waals surface area contributed by atoms with Crippen LogP contribution in [0.25, 0.3) is 10.9 Å². The van der Waals surface area contributed by atoms with Gasteiger partial charge in [0.05, 0.1) is 36.4 Å². The number of aliphatic hydroxyl groups is 1. The summed E-state index contributed by atoms with van der Waals surface area (Å²) < 4.78 is 17.7. The molecule has 1 atom stereocenters. The number of aromatic nitrogens is 3. The predicted molar refractivity (Wildman–Crippen MR) is 142 cm³/mol. The first-order valence-electron chi connectivity index (χ1n) is 12.3. The van der Waals surface area contributed by atoms with Crippen LogP contribution in [0.15, 0.2) is 61.1 Å². The lowest BCUT2D eigenvalue weighted by Crippen LogP contribution is -2.52. The van der Waals surface area contributed by atoms with Gasteiger partial charge >= 0.3 is 0 Å². The van der Waals surface area contributed by atoms with Crippen LogP contribution in [0.5, 0.6) is 17.2 Å². The van der Waals surface area contributed by atoms with Crippen molar-refractivity contribution < 1.29 is 24.1 Å². The summed E-state index contributed by atoms with van der Waals surface area (Å²) >= 11 is 0. The number of hydrogen-bond acceptors (Lipinski definition) is 9. The molecular formula is C28H29N5O5. The number of anilines is 2. The van der Waals surface area contributed by atoms with Gasteiger partial charge in [0, 0.05) is 17.9 Å². The van der Waals surface area contributed by atoms with Gasteiger partial charge in [-0.2, -0.15) is 0 Å². The van der Waals surface area contributed by atoms with Crippen LogP contribution >= 0.6 is 0 Å². The lowest BCUT2D eigenvalue weighted by molar-refractivity contribution is -0.144. The van der Waals surface area contributed by atoms with Gasteiger partial charge in [-0.3, -0.25) is 9.78 Å². The molecule has 10 nitrogen and oxygen atoms in total. The quantitative estimate of drug-likeness (QED) is 0.361. The highest BCUT2D eigenvalue weighted by Crippen LogP contribution is 2.33. The highest BCUT2D eigenvalue weighted by atomic mass is 16.5. The van der Waals surface area contributed by atoms with E-state index in [4.69, 9.17) is 14.2 Å². The normalized spacial score (nSPS) is 15.3. The highest BCUT2D eigenvalue weighted by Gasteiger charge is 2.27. The van der Waals surface area contributed by atoms with Gasteiger partial charge in [-0.25, -0.2) is 9.97 Å². The Morgan fingerprint density at radius 3 is 2.82 bits per heavy atom. The molecule has 2 aromatic carbocycles. The number of amides is 1. The van der Waals surface area contributed by atoms with E-state index in [1.165, 1.54) is 6.33 Å². The van der Waals surface area contributed by atoms with E-state index in [2.05, 4.69) is 20.3 Å². The van der Waals surface area contributed by atoms with Gasteiger partial charge in [-0.15, -0.1) is 0 Å². The van der Waals surface area contributed by atoms with E-state index in [1.54, 1.807) is 11.1 Å². The zero-order valence-corrected chi connectivity index (χ0v) is 21.3. The van der Waals surface area contributed by atoms with E-state index in [9.17, 15) is 9.90 Å². The molecule has 0 saturated carbocycles. The van der Waals surface area contributed by atoms with Crippen molar-refractivity contribution in [3.63, 3.8) is 0 Å². The number of benzene rings is 2. The number of carbonyl (C=O) groups is 1. The van der Waals surface area contributed by atoms with Crippen molar-refractivity contribution in [2.75, 3.05) is 38.3 Å². The fraction of sp³-hybridized carbons (Fsp3) is 0.286. The largest absolute Gasteiger partial charge is 0.490 e. The molecule has 1 aliphatic rings. The molecule has 0 aliphatic carbocycles. The van der Waals surface area contributed by atoms with Crippen LogP contribution in [-0.4, -0.2) is 69.9 Å². The molecule has 0 radical (unpaired) electrons. The number of fused-ring (bicyclic) bond motifs is 1. The summed E-state index contributed by atoms with van der Waals surface area (Å²) in [5, 5.41) is 13.4. The molecule has 1 saturated heterocycles. The molecule has 4 aromatic rings. The van der Waals surface area contributed by atoms with Gasteiger partial charge in [-0.1, -0.05) is 6.07 Å². The molecule has 2 N–H and O–H groups in total. The Balaban J connectivity index is 1.36. The summed E-state index contributed by atoms with van der Waals surface area (Å²) in [7, 11) is 0. The predicted octanol–water partition coefficient (Wildman–Crippen LogP) is 3.78. The van der Waals surface area contributed by atoms with Crippen LogP contribution in [-0.2, 0) is 9.53 Å². The Labute approximate surface area is 220 Å². The van der Waals surface area contributed by atoms with E-state index in [1.807, 2.05) is 62.4 Å². The number of rotatable bonds is 8. The van der Waals surface area contributed by atoms with E-state index in [-0.39, 0.29) is 18.6 Å².